The largest absolute Gasteiger partial charge is 0.340 e. The Labute approximate surface area is 113 Å². The number of fused-ring (bicyclic) bond motifs is 1. The molecule has 0 aromatic heterocycles. The normalized spacial score (nSPS) is 19.2. The first kappa shape index (κ1) is 13.6. The van der Waals surface area contributed by atoms with Gasteiger partial charge in [0.25, 0.3) is 5.91 Å². The zero-order valence-electron chi connectivity index (χ0n) is 11.6. The van der Waals surface area contributed by atoms with Gasteiger partial charge in [0, 0.05) is 6.54 Å². The number of anilines is 1. The van der Waals surface area contributed by atoms with Gasteiger partial charge in [-0.1, -0.05) is 26.0 Å². The second kappa shape index (κ2) is 5.43. The van der Waals surface area contributed by atoms with Crippen LogP contribution in [0.5, 0.6) is 0 Å². The number of benzene rings is 1. The van der Waals surface area contributed by atoms with E-state index in [9.17, 15) is 9.59 Å². The average Bonchev–Trinajstić information content (AvgIpc) is 2.47. The minimum atomic E-state index is -0.431. The molecule has 0 fully saturated rings. The Morgan fingerprint density at radius 2 is 1.95 bits per heavy atom. The Balaban J connectivity index is 2.42. The highest BCUT2D eigenvalue weighted by Crippen LogP contribution is 2.25. The molecule has 1 aromatic rings. The van der Waals surface area contributed by atoms with Crippen molar-refractivity contribution in [2.45, 2.75) is 33.2 Å². The summed E-state index contributed by atoms with van der Waals surface area (Å²) in [6, 6.07) is 6.83. The van der Waals surface area contributed by atoms with Crippen LogP contribution in [0, 0.1) is 5.92 Å². The van der Waals surface area contributed by atoms with Crippen LogP contribution in [0.15, 0.2) is 24.3 Å². The number of hydrogen-bond donors (Lipinski definition) is 1. The number of carbonyl (C=O) groups is 2. The second-order valence-corrected chi connectivity index (χ2v) is 5.26. The van der Waals surface area contributed by atoms with Crippen molar-refractivity contribution in [3.63, 3.8) is 0 Å². The number of carbonyl (C=O) groups excluding carboxylic acids is 2. The monoisotopic (exact) mass is 260 g/mol. The summed E-state index contributed by atoms with van der Waals surface area (Å²) < 4.78 is 0. The first-order valence-corrected chi connectivity index (χ1v) is 6.75. The number of amides is 2. The van der Waals surface area contributed by atoms with E-state index >= 15 is 0 Å². The van der Waals surface area contributed by atoms with Gasteiger partial charge in [-0.05, 0) is 31.4 Å². The molecule has 0 saturated carbocycles. The molecule has 1 aliphatic rings. The topological polar surface area (TPSA) is 49.4 Å². The van der Waals surface area contributed by atoms with Crippen LogP contribution in [0.25, 0.3) is 0 Å². The van der Waals surface area contributed by atoms with Crippen LogP contribution in [0.3, 0.4) is 0 Å². The van der Waals surface area contributed by atoms with Gasteiger partial charge < -0.3 is 10.2 Å². The van der Waals surface area contributed by atoms with Crippen molar-refractivity contribution in [3.8, 4) is 0 Å². The summed E-state index contributed by atoms with van der Waals surface area (Å²) in [4.78, 5) is 26.4. The fourth-order valence-corrected chi connectivity index (χ4v) is 2.46. The molecule has 2 rings (SSSR count). The Hall–Kier alpha value is -1.84. The van der Waals surface area contributed by atoms with Gasteiger partial charge in [0.15, 0.2) is 0 Å². The van der Waals surface area contributed by atoms with Crippen molar-refractivity contribution in [3.05, 3.63) is 29.8 Å². The number of nitrogens with zero attached hydrogens (tertiary/aromatic N) is 1. The summed E-state index contributed by atoms with van der Waals surface area (Å²) >= 11 is 0. The van der Waals surface area contributed by atoms with Gasteiger partial charge in [-0.15, -0.1) is 0 Å². The van der Waals surface area contributed by atoms with E-state index in [2.05, 4.69) is 5.32 Å². The SMILES string of the molecule is CCN1C(=O)C(CC(C)C)NC(=O)c2ccccc21. The third-order valence-corrected chi connectivity index (χ3v) is 3.33. The minimum Gasteiger partial charge on any atom is -0.340 e. The van der Waals surface area contributed by atoms with Crippen molar-refractivity contribution < 1.29 is 9.59 Å². The summed E-state index contributed by atoms with van der Waals surface area (Å²) in [7, 11) is 0. The Kier molecular flexibility index (Phi) is 3.88. The van der Waals surface area contributed by atoms with Crippen molar-refractivity contribution in [2.75, 3.05) is 11.4 Å². The van der Waals surface area contributed by atoms with E-state index in [1.807, 2.05) is 39.0 Å². The third kappa shape index (κ3) is 2.62. The molecule has 2 amide bonds. The van der Waals surface area contributed by atoms with Crippen LogP contribution in [-0.2, 0) is 4.79 Å². The lowest BCUT2D eigenvalue weighted by atomic mass is 10.0. The van der Waals surface area contributed by atoms with Gasteiger partial charge in [-0.2, -0.15) is 0 Å². The molecule has 4 heteroatoms. The summed E-state index contributed by atoms with van der Waals surface area (Å²) in [5, 5.41) is 2.85. The van der Waals surface area contributed by atoms with Crippen molar-refractivity contribution in [2.24, 2.45) is 5.92 Å². The summed E-state index contributed by atoms with van der Waals surface area (Å²) in [6.45, 7) is 6.60. The molecule has 1 N–H and O–H groups in total. The Morgan fingerprint density at radius 1 is 1.26 bits per heavy atom. The molecule has 0 saturated heterocycles. The van der Waals surface area contributed by atoms with Gasteiger partial charge >= 0.3 is 0 Å². The lowest BCUT2D eigenvalue weighted by Gasteiger charge is -2.24. The molecule has 0 bridgehead atoms. The molecule has 4 nitrogen and oxygen atoms in total. The first-order valence-electron chi connectivity index (χ1n) is 6.75. The van der Waals surface area contributed by atoms with Crippen LogP contribution >= 0.6 is 0 Å². The molecule has 1 heterocycles. The number of para-hydroxylation sites is 1. The van der Waals surface area contributed by atoms with Gasteiger partial charge in [-0.25, -0.2) is 0 Å². The smallest absolute Gasteiger partial charge is 0.254 e. The number of hydrogen-bond acceptors (Lipinski definition) is 2. The molecular weight excluding hydrogens is 240 g/mol. The van der Waals surface area contributed by atoms with E-state index in [4.69, 9.17) is 0 Å². The molecule has 1 aliphatic heterocycles. The first-order chi connectivity index (χ1) is 9.04. The minimum absolute atomic E-state index is 0.0190. The number of likely N-dealkylation sites (N-methyl/N-ethyl adjacent to an activating group) is 1. The molecule has 0 radical (unpaired) electrons. The zero-order chi connectivity index (χ0) is 14.0. The van der Waals surface area contributed by atoms with E-state index in [1.165, 1.54) is 0 Å². The Bertz CT molecular complexity index is 497. The molecule has 0 aliphatic carbocycles. The zero-order valence-corrected chi connectivity index (χ0v) is 11.6. The highest BCUT2D eigenvalue weighted by Gasteiger charge is 2.32. The lowest BCUT2D eigenvalue weighted by Crippen LogP contribution is -2.46. The van der Waals surface area contributed by atoms with Crippen molar-refractivity contribution >= 4 is 17.5 Å². The van der Waals surface area contributed by atoms with Crippen LogP contribution < -0.4 is 10.2 Å². The van der Waals surface area contributed by atoms with E-state index in [1.54, 1.807) is 11.0 Å². The molecule has 19 heavy (non-hydrogen) atoms. The Morgan fingerprint density at radius 3 is 2.58 bits per heavy atom. The number of nitrogens with one attached hydrogen (secondary N) is 1. The molecule has 0 spiro atoms. The second-order valence-electron chi connectivity index (χ2n) is 5.26. The van der Waals surface area contributed by atoms with Crippen LogP contribution in [-0.4, -0.2) is 24.4 Å². The molecule has 1 atom stereocenters. The van der Waals surface area contributed by atoms with Crippen LogP contribution in [0.4, 0.5) is 5.69 Å². The highest BCUT2D eigenvalue weighted by molar-refractivity contribution is 6.10. The highest BCUT2D eigenvalue weighted by atomic mass is 16.2. The van der Waals surface area contributed by atoms with Crippen molar-refractivity contribution in [1.82, 2.24) is 5.32 Å². The molecular formula is C15H20N2O2. The molecule has 1 aromatic carbocycles. The lowest BCUT2D eigenvalue weighted by molar-refractivity contribution is -0.120. The number of rotatable bonds is 3. The third-order valence-electron chi connectivity index (χ3n) is 3.33. The fourth-order valence-electron chi connectivity index (χ4n) is 2.46. The van der Waals surface area contributed by atoms with Crippen molar-refractivity contribution in [1.29, 1.82) is 0 Å². The predicted molar refractivity (Wildman–Crippen MR) is 75.2 cm³/mol. The van der Waals surface area contributed by atoms with E-state index in [-0.39, 0.29) is 11.8 Å². The van der Waals surface area contributed by atoms with E-state index < -0.39 is 6.04 Å². The predicted octanol–water partition coefficient (Wildman–Crippen LogP) is 2.20. The van der Waals surface area contributed by atoms with Gasteiger partial charge in [0.2, 0.25) is 5.91 Å². The van der Waals surface area contributed by atoms with Crippen LogP contribution in [0.2, 0.25) is 0 Å². The van der Waals surface area contributed by atoms with Gasteiger partial charge in [0.05, 0.1) is 11.3 Å². The molecule has 102 valence electrons. The quantitative estimate of drug-likeness (QED) is 0.905. The fraction of sp³-hybridized carbons (Fsp3) is 0.467. The maximum atomic E-state index is 12.5. The summed E-state index contributed by atoms with van der Waals surface area (Å²) in [5.74, 6) is 0.175. The summed E-state index contributed by atoms with van der Waals surface area (Å²) in [6.07, 6.45) is 0.662. The van der Waals surface area contributed by atoms with E-state index in [0.717, 1.165) is 0 Å². The van der Waals surface area contributed by atoms with Crippen LogP contribution in [0.1, 0.15) is 37.6 Å². The summed E-state index contributed by atoms with van der Waals surface area (Å²) in [5.41, 5.74) is 1.28. The average molecular weight is 260 g/mol. The van der Waals surface area contributed by atoms with Gasteiger partial charge in [0.1, 0.15) is 6.04 Å². The van der Waals surface area contributed by atoms with E-state index in [0.29, 0.717) is 30.1 Å². The maximum Gasteiger partial charge on any atom is 0.254 e. The standard InChI is InChI=1S/C15H20N2O2/c1-4-17-13-8-6-5-7-11(13)14(18)16-12(15(17)19)9-10(2)3/h5-8,10,12H,4,9H2,1-3H3,(H,16,18). The van der Waals surface area contributed by atoms with Gasteiger partial charge in [-0.3, -0.25) is 9.59 Å². The maximum absolute atomic E-state index is 12.5. The molecule has 1 unspecified atom stereocenters.